The van der Waals surface area contributed by atoms with E-state index in [1.807, 2.05) is 21.1 Å². The first-order chi connectivity index (χ1) is 15.4. The van der Waals surface area contributed by atoms with Crippen LogP contribution in [-0.4, -0.2) is 53.0 Å². The van der Waals surface area contributed by atoms with Crippen LogP contribution in [0.25, 0.3) is 0 Å². The van der Waals surface area contributed by atoms with Crippen LogP contribution in [0.15, 0.2) is 60.0 Å². The first kappa shape index (κ1) is 23.3. The largest absolute Gasteiger partial charge is 0.378 e. The van der Waals surface area contributed by atoms with E-state index >= 15 is 0 Å². The van der Waals surface area contributed by atoms with Crippen molar-refractivity contribution < 1.29 is 9.59 Å². The summed E-state index contributed by atoms with van der Waals surface area (Å²) < 4.78 is 1.75. The summed E-state index contributed by atoms with van der Waals surface area (Å²) in [6.45, 7) is 0.583. The lowest BCUT2D eigenvalue weighted by Crippen LogP contribution is -2.25. The zero-order valence-corrected chi connectivity index (χ0v) is 19.4. The van der Waals surface area contributed by atoms with Crippen molar-refractivity contribution in [2.24, 2.45) is 7.05 Å². The number of thioether (sulfide) groups is 1. The SMILES string of the molecule is CN(C)c1ccc(CCCNC(=O)c2cccc(NC(=O)CSc3nncn3C)c2)cc1. The maximum absolute atomic E-state index is 12.5. The minimum atomic E-state index is -0.171. The summed E-state index contributed by atoms with van der Waals surface area (Å²) >= 11 is 1.30. The summed E-state index contributed by atoms with van der Waals surface area (Å²) in [7, 11) is 5.86. The molecule has 3 rings (SSSR count). The predicted molar refractivity (Wildman–Crippen MR) is 128 cm³/mol. The topological polar surface area (TPSA) is 92.2 Å². The summed E-state index contributed by atoms with van der Waals surface area (Å²) in [6, 6.07) is 15.4. The molecule has 32 heavy (non-hydrogen) atoms. The van der Waals surface area contributed by atoms with Crippen LogP contribution >= 0.6 is 11.8 Å². The molecule has 0 spiro atoms. The highest BCUT2D eigenvalue weighted by molar-refractivity contribution is 7.99. The van der Waals surface area contributed by atoms with Crippen molar-refractivity contribution in [1.29, 1.82) is 0 Å². The highest BCUT2D eigenvalue weighted by atomic mass is 32.2. The third-order valence-electron chi connectivity index (χ3n) is 4.79. The molecule has 2 amide bonds. The van der Waals surface area contributed by atoms with Gasteiger partial charge >= 0.3 is 0 Å². The molecule has 9 heteroatoms. The molecular formula is C23H28N6O2S. The van der Waals surface area contributed by atoms with Crippen molar-refractivity contribution in [3.63, 3.8) is 0 Å². The third kappa shape index (κ3) is 6.84. The Morgan fingerprint density at radius 3 is 2.59 bits per heavy atom. The number of anilines is 2. The highest BCUT2D eigenvalue weighted by Crippen LogP contribution is 2.16. The molecule has 1 heterocycles. The number of aromatic nitrogens is 3. The number of carbonyl (C=O) groups excluding carboxylic acids is 2. The molecule has 1 aromatic heterocycles. The Balaban J connectivity index is 1.43. The van der Waals surface area contributed by atoms with Gasteiger partial charge in [-0.2, -0.15) is 0 Å². The number of amides is 2. The molecule has 0 fully saturated rings. The van der Waals surface area contributed by atoms with Gasteiger partial charge in [-0.05, 0) is 48.7 Å². The number of nitrogens with one attached hydrogen (secondary N) is 2. The molecule has 0 bridgehead atoms. The molecule has 8 nitrogen and oxygen atoms in total. The maximum atomic E-state index is 12.5. The second kappa shape index (κ2) is 11.3. The molecule has 0 radical (unpaired) electrons. The van der Waals surface area contributed by atoms with Crippen molar-refractivity contribution >= 4 is 35.0 Å². The molecule has 0 saturated carbocycles. The van der Waals surface area contributed by atoms with Gasteiger partial charge in [0.25, 0.3) is 5.91 Å². The Kier molecular flexibility index (Phi) is 8.27. The molecule has 0 aliphatic carbocycles. The van der Waals surface area contributed by atoms with E-state index < -0.39 is 0 Å². The fraction of sp³-hybridized carbons (Fsp3) is 0.304. The van der Waals surface area contributed by atoms with Crippen molar-refractivity contribution in [2.45, 2.75) is 18.0 Å². The van der Waals surface area contributed by atoms with Crippen LogP contribution in [-0.2, 0) is 18.3 Å². The van der Waals surface area contributed by atoms with Crippen LogP contribution in [0.1, 0.15) is 22.3 Å². The molecule has 168 valence electrons. The third-order valence-corrected chi connectivity index (χ3v) is 5.83. The van der Waals surface area contributed by atoms with Crippen molar-refractivity contribution in [1.82, 2.24) is 20.1 Å². The molecule has 0 aliphatic rings. The Morgan fingerprint density at radius 2 is 1.91 bits per heavy atom. The molecule has 0 unspecified atom stereocenters. The fourth-order valence-corrected chi connectivity index (χ4v) is 3.71. The Morgan fingerprint density at radius 1 is 1.12 bits per heavy atom. The van der Waals surface area contributed by atoms with Crippen molar-refractivity contribution in [2.75, 3.05) is 36.6 Å². The van der Waals surface area contributed by atoms with Gasteiger partial charge in [-0.15, -0.1) is 10.2 Å². The summed E-state index contributed by atoms with van der Waals surface area (Å²) in [6.07, 6.45) is 3.33. The second-order valence-electron chi connectivity index (χ2n) is 7.56. The minimum absolute atomic E-state index is 0.155. The van der Waals surface area contributed by atoms with E-state index in [4.69, 9.17) is 0 Å². The first-order valence-corrected chi connectivity index (χ1v) is 11.3. The second-order valence-corrected chi connectivity index (χ2v) is 8.50. The van der Waals surface area contributed by atoms with Crippen LogP contribution in [0.2, 0.25) is 0 Å². The molecule has 0 atom stereocenters. The Labute approximate surface area is 192 Å². The van der Waals surface area contributed by atoms with Crippen LogP contribution in [0, 0.1) is 0 Å². The van der Waals surface area contributed by atoms with Gasteiger partial charge in [-0.1, -0.05) is 30.0 Å². The Bertz CT molecular complexity index is 1050. The smallest absolute Gasteiger partial charge is 0.251 e. The molecular weight excluding hydrogens is 424 g/mol. The van der Waals surface area contributed by atoms with Crippen LogP contribution in [0.5, 0.6) is 0 Å². The van der Waals surface area contributed by atoms with Crippen molar-refractivity contribution in [3.8, 4) is 0 Å². The van der Waals surface area contributed by atoms with Crippen LogP contribution in [0.3, 0.4) is 0 Å². The number of benzene rings is 2. The number of hydrogen-bond donors (Lipinski definition) is 2. The average Bonchev–Trinajstić information content (AvgIpc) is 3.20. The first-order valence-electron chi connectivity index (χ1n) is 10.3. The normalized spacial score (nSPS) is 10.6. The monoisotopic (exact) mass is 452 g/mol. The standard InChI is InChI=1S/C23H28N6O2S/c1-28(2)20-11-9-17(10-12-20)6-5-13-24-22(31)18-7-4-8-19(14-18)26-21(30)15-32-23-27-25-16-29(23)3/h4,7-12,14,16H,5-6,13,15H2,1-3H3,(H,24,31)(H,26,30). The molecule has 2 aromatic carbocycles. The average molecular weight is 453 g/mol. The molecule has 0 aliphatic heterocycles. The highest BCUT2D eigenvalue weighted by Gasteiger charge is 2.10. The van der Waals surface area contributed by atoms with Gasteiger partial charge in [0.2, 0.25) is 5.91 Å². The van der Waals surface area contributed by atoms with E-state index in [1.165, 1.54) is 23.0 Å². The van der Waals surface area contributed by atoms with Gasteiger partial charge < -0.3 is 20.1 Å². The predicted octanol–water partition coefficient (Wildman–Crippen LogP) is 2.97. The lowest BCUT2D eigenvalue weighted by atomic mass is 10.1. The van der Waals surface area contributed by atoms with Crippen LogP contribution < -0.4 is 15.5 Å². The zero-order valence-electron chi connectivity index (χ0n) is 18.5. The number of nitrogens with zero attached hydrogens (tertiary/aromatic N) is 4. The summed E-state index contributed by atoms with van der Waals surface area (Å²) in [4.78, 5) is 26.8. The number of carbonyl (C=O) groups is 2. The number of hydrogen-bond acceptors (Lipinski definition) is 6. The maximum Gasteiger partial charge on any atom is 0.251 e. The van der Waals surface area contributed by atoms with Crippen LogP contribution in [0.4, 0.5) is 11.4 Å². The molecule has 2 N–H and O–H groups in total. The zero-order chi connectivity index (χ0) is 22.9. The number of aryl methyl sites for hydroxylation is 2. The summed E-state index contributed by atoms with van der Waals surface area (Å²) in [5, 5.41) is 14.2. The van der Waals surface area contributed by atoms with Gasteiger partial charge in [-0.25, -0.2) is 0 Å². The Hall–Kier alpha value is -3.33. The molecule has 3 aromatic rings. The fourth-order valence-electron chi connectivity index (χ4n) is 3.03. The van der Waals surface area contributed by atoms with E-state index in [0.29, 0.717) is 23.0 Å². The van der Waals surface area contributed by atoms with Gasteiger partial charge in [0.05, 0.1) is 5.75 Å². The summed E-state index contributed by atoms with van der Waals surface area (Å²) in [5.41, 5.74) is 3.51. The summed E-state index contributed by atoms with van der Waals surface area (Å²) in [5.74, 6) is -0.119. The lowest BCUT2D eigenvalue weighted by Gasteiger charge is -2.12. The van der Waals surface area contributed by atoms with E-state index in [0.717, 1.165) is 12.8 Å². The number of rotatable bonds is 10. The van der Waals surface area contributed by atoms with E-state index in [1.54, 1.807) is 35.2 Å². The van der Waals surface area contributed by atoms with E-state index in [-0.39, 0.29) is 17.6 Å². The quantitative estimate of drug-likeness (QED) is 0.363. The minimum Gasteiger partial charge on any atom is -0.378 e. The van der Waals surface area contributed by atoms with Gasteiger partial charge in [0.1, 0.15) is 6.33 Å². The van der Waals surface area contributed by atoms with E-state index in [9.17, 15) is 9.59 Å². The van der Waals surface area contributed by atoms with Gasteiger partial charge in [0.15, 0.2) is 5.16 Å². The van der Waals surface area contributed by atoms with Gasteiger partial charge in [-0.3, -0.25) is 9.59 Å². The molecule has 0 saturated heterocycles. The van der Waals surface area contributed by atoms with E-state index in [2.05, 4.69) is 50.0 Å². The van der Waals surface area contributed by atoms with Gasteiger partial charge in [0, 0.05) is 44.6 Å². The van der Waals surface area contributed by atoms with Crippen molar-refractivity contribution in [3.05, 3.63) is 66.0 Å². The lowest BCUT2D eigenvalue weighted by molar-refractivity contribution is -0.113.